The smallest absolute Gasteiger partial charge is 0.352 e. The van der Waals surface area contributed by atoms with Crippen molar-refractivity contribution in [3.63, 3.8) is 0 Å². The molecule has 5 nitrogen and oxygen atoms in total. The molecule has 1 aromatic carbocycles. The van der Waals surface area contributed by atoms with Crippen molar-refractivity contribution in [1.29, 1.82) is 0 Å². The van der Waals surface area contributed by atoms with Crippen LogP contribution in [0, 0.1) is 5.82 Å². The second kappa shape index (κ2) is 10.1. The summed E-state index contributed by atoms with van der Waals surface area (Å²) >= 11 is 0. The van der Waals surface area contributed by atoms with Gasteiger partial charge in [0.05, 0.1) is 5.56 Å². The number of nitrogens with one attached hydrogen (secondary N) is 2. The summed E-state index contributed by atoms with van der Waals surface area (Å²) in [6, 6.07) is 2.56. The number of hydrogen-bond acceptors (Lipinski definition) is 2. The normalized spacial score (nSPS) is 17.5. The van der Waals surface area contributed by atoms with E-state index in [0.717, 1.165) is 18.6 Å². The molecule has 1 heterocycles. The molecule has 1 aliphatic rings. The van der Waals surface area contributed by atoms with E-state index in [2.05, 4.69) is 15.6 Å². The number of benzene rings is 1. The van der Waals surface area contributed by atoms with Gasteiger partial charge in [-0.1, -0.05) is 13.0 Å². The van der Waals surface area contributed by atoms with Crippen LogP contribution in [0.2, 0.25) is 0 Å². The largest absolute Gasteiger partial charge is 0.416 e. The second-order valence-corrected chi connectivity index (χ2v) is 6.05. The predicted octanol–water partition coefficient (Wildman–Crippen LogP) is 3.14. The molecule has 0 aromatic heterocycles. The summed E-state index contributed by atoms with van der Waals surface area (Å²) < 4.78 is 52.3. The molecule has 152 valence electrons. The Morgan fingerprint density at radius 2 is 2.07 bits per heavy atom. The highest BCUT2D eigenvalue weighted by atomic mass is 127. The molecule has 1 aliphatic heterocycles. The van der Waals surface area contributed by atoms with Crippen LogP contribution >= 0.6 is 24.0 Å². The summed E-state index contributed by atoms with van der Waals surface area (Å²) in [7, 11) is 1.51. The molecule has 10 heteroatoms. The van der Waals surface area contributed by atoms with Crippen LogP contribution in [0.1, 0.15) is 30.9 Å². The molecule has 27 heavy (non-hydrogen) atoms. The van der Waals surface area contributed by atoms with Crippen molar-refractivity contribution in [2.75, 3.05) is 20.1 Å². The van der Waals surface area contributed by atoms with Crippen molar-refractivity contribution in [1.82, 2.24) is 15.5 Å². The first-order chi connectivity index (χ1) is 12.2. The SMILES string of the molecule is CCC(=O)N1CCC(NC(=NC)NCc2ccc(F)cc2C(F)(F)F)C1.I. The standard InChI is InChI=1S/C17H22F4N4O.HI/c1-3-15(26)25-7-6-13(10-25)24-16(22-2)23-9-11-4-5-12(18)8-14(11)17(19,20)21;/h4-5,8,13H,3,6-7,9-10H2,1-2H3,(H2,22,23,24);1H. The van der Waals surface area contributed by atoms with Gasteiger partial charge in [0.2, 0.25) is 5.91 Å². The van der Waals surface area contributed by atoms with Gasteiger partial charge in [0.25, 0.3) is 0 Å². The van der Waals surface area contributed by atoms with E-state index in [9.17, 15) is 22.4 Å². The summed E-state index contributed by atoms with van der Waals surface area (Å²) in [5.74, 6) is -0.535. The Kier molecular flexibility index (Phi) is 8.76. The zero-order chi connectivity index (χ0) is 19.3. The number of rotatable bonds is 4. The monoisotopic (exact) mass is 502 g/mol. The van der Waals surface area contributed by atoms with Crippen LogP contribution in [-0.2, 0) is 17.5 Å². The highest BCUT2D eigenvalue weighted by Crippen LogP contribution is 2.32. The molecule has 1 saturated heterocycles. The topological polar surface area (TPSA) is 56.7 Å². The number of hydrogen-bond donors (Lipinski definition) is 2. The van der Waals surface area contributed by atoms with Crippen LogP contribution in [0.5, 0.6) is 0 Å². The molecule has 1 atom stereocenters. The van der Waals surface area contributed by atoms with E-state index >= 15 is 0 Å². The van der Waals surface area contributed by atoms with Gasteiger partial charge >= 0.3 is 6.18 Å². The Morgan fingerprint density at radius 1 is 1.37 bits per heavy atom. The Bertz CT molecular complexity index is 681. The number of nitrogens with zero attached hydrogens (tertiary/aromatic N) is 2. The van der Waals surface area contributed by atoms with Crippen molar-refractivity contribution >= 4 is 35.8 Å². The zero-order valence-electron chi connectivity index (χ0n) is 15.1. The second-order valence-electron chi connectivity index (χ2n) is 6.05. The van der Waals surface area contributed by atoms with E-state index < -0.39 is 17.6 Å². The van der Waals surface area contributed by atoms with Crippen molar-refractivity contribution < 1.29 is 22.4 Å². The van der Waals surface area contributed by atoms with Crippen LogP contribution in [0.4, 0.5) is 17.6 Å². The average Bonchev–Trinajstić information content (AvgIpc) is 3.06. The molecule has 0 radical (unpaired) electrons. The van der Waals surface area contributed by atoms with Crippen LogP contribution in [0.25, 0.3) is 0 Å². The van der Waals surface area contributed by atoms with E-state index in [1.165, 1.54) is 7.05 Å². The van der Waals surface area contributed by atoms with Gasteiger partial charge in [0, 0.05) is 39.1 Å². The van der Waals surface area contributed by atoms with Gasteiger partial charge in [-0.3, -0.25) is 9.79 Å². The van der Waals surface area contributed by atoms with E-state index in [1.54, 1.807) is 11.8 Å². The maximum absolute atomic E-state index is 13.2. The molecule has 1 aromatic rings. The number of carbonyl (C=O) groups is 1. The Hall–Kier alpha value is -1.59. The van der Waals surface area contributed by atoms with E-state index in [0.29, 0.717) is 31.5 Å². The highest BCUT2D eigenvalue weighted by Gasteiger charge is 2.33. The number of amides is 1. The number of halogens is 5. The first-order valence-electron chi connectivity index (χ1n) is 8.35. The molecule has 1 amide bonds. The molecule has 2 N–H and O–H groups in total. The van der Waals surface area contributed by atoms with Crippen LogP contribution in [0.3, 0.4) is 0 Å². The minimum atomic E-state index is -4.64. The third-order valence-electron chi connectivity index (χ3n) is 4.23. The lowest BCUT2D eigenvalue weighted by Crippen LogP contribution is -2.44. The fourth-order valence-corrected chi connectivity index (χ4v) is 2.86. The van der Waals surface area contributed by atoms with E-state index in [4.69, 9.17) is 0 Å². The molecule has 0 aliphatic carbocycles. The highest BCUT2D eigenvalue weighted by molar-refractivity contribution is 14.0. The van der Waals surface area contributed by atoms with Crippen LogP contribution in [-0.4, -0.2) is 42.9 Å². The Morgan fingerprint density at radius 3 is 2.67 bits per heavy atom. The number of alkyl halides is 3. The minimum absolute atomic E-state index is 0. The van der Waals surface area contributed by atoms with Gasteiger partial charge in [0.15, 0.2) is 5.96 Å². The molecular formula is C17H23F4IN4O. The molecule has 2 rings (SSSR count). The first kappa shape index (κ1) is 23.4. The maximum Gasteiger partial charge on any atom is 0.416 e. The summed E-state index contributed by atoms with van der Waals surface area (Å²) in [4.78, 5) is 17.4. The van der Waals surface area contributed by atoms with Gasteiger partial charge in [0.1, 0.15) is 5.82 Å². The van der Waals surface area contributed by atoms with Crippen molar-refractivity contribution in [3.8, 4) is 0 Å². The third-order valence-corrected chi connectivity index (χ3v) is 4.23. The molecule has 1 unspecified atom stereocenters. The predicted molar refractivity (Wildman–Crippen MR) is 105 cm³/mol. The summed E-state index contributed by atoms with van der Waals surface area (Å²) in [5.41, 5.74) is -1.09. The summed E-state index contributed by atoms with van der Waals surface area (Å²) in [6.45, 7) is 2.80. The Labute approximate surface area is 172 Å². The van der Waals surface area contributed by atoms with Crippen molar-refractivity contribution in [2.45, 2.75) is 38.5 Å². The Balaban J connectivity index is 0.00000364. The molecule has 0 saturated carbocycles. The lowest BCUT2D eigenvalue weighted by molar-refractivity contribution is -0.138. The van der Waals surface area contributed by atoms with Gasteiger partial charge < -0.3 is 15.5 Å². The van der Waals surface area contributed by atoms with Crippen LogP contribution in [0.15, 0.2) is 23.2 Å². The first-order valence-corrected chi connectivity index (χ1v) is 8.35. The molecule has 0 bridgehead atoms. The minimum Gasteiger partial charge on any atom is -0.352 e. The van der Waals surface area contributed by atoms with Crippen molar-refractivity contribution in [3.05, 3.63) is 35.1 Å². The van der Waals surface area contributed by atoms with E-state index in [-0.39, 0.29) is 48.0 Å². The molecule has 1 fully saturated rings. The number of aliphatic imine (C=N–C) groups is 1. The van der Waals surface area contributed by atoms with Crippen molar-refractivity contribution in [2.24, 2.45) is 4.99 Å². The average molecular weight is 502 g/mol. The maximum atomic E-state index is 13.2. The zero-order valence-corrected chi connectivity index (χ0v) is 17.4. The third kappa shape index (κ3) is 6.51. The number of likely N-dealkylation sites (tertiary alicyclic amines) is 1. The van der Waals surface area contributed by atoms with Gasteiger partial charge in [-0.2, -0.15) is 13.2 Å². The number of carbonyl (C=O) groups excluding carboxylic acids is 1. The fourth-order valence-electron chi connectivity index (χ4n) is 2.86. The van der Waals surface area contributed by atoms with Gasteiger partial charge in [-0.25, -0.2) is 4.39 Å². The number of guanidine groups is 1. The lowest BCUT2D eigenvalue weighted by Gasteiger charge is -2.19. The quantitative estimate of drug-likeness (QED) is 0.288. The summed E-state index contributed by atoms with van der Waals surface area (Å²) in [6.07, 6.45) is -3.47. The molecule has 0 spiro atoms. The van der Waals surface area contributed by atoms with Gasteiger partial charge in [-0.15, -0.1) is 24.0 Å². The van der Waals surface area contributed by atoms with Gasteiger partial charge in [-0.05, 0) is 24.1 Å². The van der Waals surface area contributed by atoms with Crippen LogP contribution < -0.4 is 10.6 Å². The fraction of sp³-hybridized carbons (Fsp3) is 0.529. The molecular weight excluding hydrogens is 479 g/mol. The lowest BCUT2D eigenvalue weighted by atomic mass is 10.1. The van der Waals surface area contributed by atoms with E-state index in [1.807, 2.05) is 0 Å². The summed E-state index contributed by atoms with van der Waals surface area (Å²) in [5, 5.41) is 5.92.